The molecule has 1 atom stereocenters. The first-order chi connectivity index (χ1) is 25.3. The lowest BCUT2D eigenvalue weighted by Gasteiger charge is -2.33. The van der Waals surface area contributed by atoms with E-state index in [-0.39, 0.29) is 5.41 Å². The summed E-state index contributed by atoms with van der Waals surface area (Å²) in [5.74, 6) is 0. The van der Waals surface area contributed by atoms with Crippen molar-refractivity contribution in [3.8, 4) is 11.1 Å². The number of hydrogen-bond acceptors (Lipinski definition) is 2. The van der Waals surface area contributed by atoms with Gasteiger partial charge in [-0.1, -0.05) is 127 Å². The van der Waals surface area contributed by atoms with E-state index in [0.29, 0.717) is 0 Å². The number of anilines is 6. The molecule has 0 saturated carbocycles. The zero-order chi connectivity index (χ0) is 33.8. The van der Waals surface area contributed by atoms with Crippen LogP contribution in [-0.4, -0.2) is 0 Å². The van der Waals surface area contributed by atoms with Gasteiger partial charge < -0.3 is 9.80 Å². The highest BCUT2D eigenvalue weighted by molar-refractivity contribution is 6.01. The lowest BCUT2D eigenvalue weighted by atomic mass is 9.69. The molecule has 1 unspecified atom stereocenters. The molecule has 3 aliphatic carbocycles. The van der Waals surface area contributed by atoms with Crippen molar-refractivity contribution in [3.05, 3.63) is 222 Å². The minimum absolute atomic E-state index is 0.344. The molecule has 1 spiro atoms. The van der Waals surface area contributed by atoms with Crippen LogP contribution in [0.4, 0.5) is 34.1 Å². The van der Waals surface area contributed by atoms with Crippen molar-refractivity contribution < 1.29 is 0 Å². The number of nitrogens with zero attached hydrogens (tertiary/aromatic N) is 2. The monoisotopic (exact) mass is 652 g/mol. The first kappa shape index (κ1) is 29.5. The molecule has 0 N–H and O–H groups in total. The van der Waals surface area contributed by atoms with Crippen molar-refractivity contribution in [2.75, 3.05) is 9.80 Å². The summed E-state index contributed by atoms with van der Waals surface area (Å²) in [6, 6.07) is 66.3. The van der Waals surface area contributed by atoms with Crippen LogP contribution in [0.5, 0.6) is 0 Å². The highest BCUT2D eigenvalue weighted by Gasteiger charge is 2.53. The van der Waals surface area contributed by atoms with Gasteiger partial charge >= 0.3 is 0 Å². The van der Waals surface area contributed by atoms with Crippen LogP contribution in [0.25, 0.3) is 16.7 Å². The van der Waals surface area contributed by atoms with Crippen molar-refractivity contribution >= 4 is 39.7 Å². The van der Waals surface area contributed by atoms with Gasteiger partial charge in [-0.2, -0.15) is 0 Å². The Balaban J connectivity index is 1.18. The van der Waals surface area contributed by atoms with Gasteiger partial charge in [0.15, 0.2) is 0 Å². The molecular weight excluding hydrogens is 617 g/mol. The highest BCUT2D eigenvalue weighted by atomic mass is 15.2. The second-order valence-corrected chi connectivity index (χ2v) is 13.6. The molecule has 7 aromatic carbocycles. The molecule has 242 valence electrons. The van der Waals surface area contributed by atoms with Crippen LogP contribution in [0.2, 0.25) is 0 Å². The Morgan fingerprint density at radius 3 is 1.49 bits per heavy atom. The molecule has 2 nitrogen and oxygen atoms in total. The van der Waals surface area contributed by atoms with Crippen molar-refractivity contribution in [2.45, 2.75) is 18.3 Å². The van der Waals surface area contributed by atoms with Gasteiger partial charge in [0.2, 0.25) is 0 Å². The topological polar surface area (TPSA) is 6.48 Å². The van der Waals surface area contributed by atoms with Gasteiger partial charge in [0, 0.05) is 34.0 Å². The fourth-order valence-corrected chi connectivity index (χ4v) is 8.95. The smallest absolute Gasteiger partial charge is 0.0722 e. The molecule has 0 aromatic heterocycles. The van der Waals surface area contributed by atoms with Crippen molar-refractivity contribution in [1.82, 2.24) is 0 Å². The molecule has 0 radical (unpaired) electrons. The second-order valence-electron chi connectivity index (χ2n) is 13.6. The molecule has 0 heterocycles. The van der Waals surface area contributed by atoms with E-state index < -0.39 is 0 Å². The summed E-state index contributed by atoms with van der Waals surface area (Å²) < 4.78 is 0. The summed E-state index contributed by atoms with van der Waals surface area (Å²) in [5, 5.41) is 0. The van der Waals surface area contributed by atoms with E-state index in [9.17, 15) is 0 Å². The molecule has 51 heavy (non-hydrogen) atoms. The minimum Gasteiger partial charge on any atom is -0.311 e. The van der Waals surface area contributed by atoms with Gasteiger partial charge in [-0.25, -0.2) is 0 Å². The predicted molar refractivity (Wildman–Crippen MR) is 213 cm³/mol. The Kier molecular flexibility index (Phi) is 6.89. The second kappa shape index (κ2) is 11.9. The van der Waals surface area contributed by atoms with E-state index >= 15 is 0 Å². The van der Waals surface area contributed by atoms with Gasteiger partial charge in [-0.3, -0.25) is 0 Å². The molecular formula is C49H36N2. The van der Waals surface area contributed by atoms with Gasteiger partial charge in [-0.05, 0) is 119 Å². The van der Waals surface area contributed by atoms with E-state index in [0.717, 1.165) is 41.3 Å². The van der Waals surface area contributed by atoms with E-state index in [1.807, 2.05) is 0 Å². The summed E-state index contributed by atoms with van der Waals surface area (Å²) in [6.45, 7) is 0. The molecule has 0 saturated heterocycles. The number of hydrogen-bond donors (Lipinski definition) is 0. The molecule has 7 aromatic rings. The Labute approximate surface area is 299 Å². The van der Waals surface area contributed by atoms with Crippen LogP contribution in [0.3, 0.4) is 0 Å². The fourth-order valence-electron chi connectivity index (χ4n) is 8.95. The molecule has 0 amide bonds. The number of rotatable bonds is 6. The Hall–Kier alpha value is -6.38. The van der Waals surface area contributed by atoms with Crippen LogP contribution in [0.15, 0.2) is 200 Å². The zero-order valence-electron chi connectivity index (χ0n) is 28.3. The first-order valence-electron chi connectivity index (χ1n) is 17.9. The van der Waals surface area contributed by atoms with Crippen molar-refractivity contribution in [2.24, 2.45) is 0 Å². The van der Waals surface area contributed by atoms with Crippen LogP contribution in [0, 0.1) is 0 Å². The van der Waals surface area contributed by atoms with Gasteiger partial charge in [-0.15, -0.1) is 0 Å². The molecule has 2 heteroatoms. The molecule has 10 rings (SSSR count). The summed E-state index contributed by atoms with van der Waals surface area (Å²) in [4.78, 5) is 4.76. The summed E-state index contributed by atoms with van der Waals surface area (Å²) in [7, 11) is 0. The van der Waals surface area contributed by atoms with Gasteiger partial charge in [0.05, 0.1) is 11.1 Å². The lowest BCUT2D eigenvalue weighted by Crippen LogP contribution is -2.27. The van der Waals surface area contributed by atoms with E-state index in [4.69, 9.17) is 0 Å². The van der Waals surface area contributed by atoms with Crippen LogP contribution >= 0.6 is 0 Å². The molecule has 0 fully saturated rings. The van der Waals surface area contributed by atoms with Gasteiger partial charge in [0.1, 0.15) is 0 Å². The third-order valence-electron chi connectivity index (χ3n) is 10.9. The summed E-state index contributed by atoms with van der Waals surface area (Å²) in [5.41, 5.74) is 17.5. The highest BCUT2D eigenvalue weighted by Crippen LogP contribution is 2.65. The predicted octanol–water partition coefficient (Wildman–Crippen LogP) is 13.1. The third-order valence-corrected chi connectivity index (χ3v) is 10.9. The number of para-hydroxylation sites is 3. The SMILES string of the molecule is C1=CC2=C(CC1)c1ccccc1C21c2ccccc2-c2c(N(c3ccccc3)c3ccc(N(c4ccccc4)c4ccccc4)cc3)cccc21. The Bertz CT molecular complexity index is 2420. The Morgan fingerprint density at radius 2 is 0.863 bits per heavy atom. The third kappa shape index (κ3) is 4.43. The van der Waals surface area contributed by atoms with Crippen molar-refractivity contribution in [3.63, 3.8) is 0 Å². The minimum atomic E-state index is -0.344. The van der Waals surface area contributed by atoms with Crippen LogP contribution in [-0.2, 0) is 5.41 Å². The maximum Gasteiger partial charge on any atom is 0.0722 e. The maximum atomic E-state index is 2.45. The first-order valence-corrected chi connectivity index (χ1v) is 17.9. The lowest BCUT2D eigenvalue weighted by molar-refractivity contribution is 0.780. The normalized spacial score (nSPS) is 16.4. The summed E-state index contributed by atoms with van der Waals surface area (Å²) >= 11 is 0. The average molecular weight is 653 g/mol. The average Bonchev–Trinajstić information content (AvgIpc) is 3.68. The van der Waals surface area contributed by atoms with E-state index in [2.05, 4.69) is 204 Å². The van der Waals surface area contributed by atoms with Crippen LogP contribution < -0.4 is 9.80 Å². The van der Waals surface area contributed by atoms with Gasteiger partial charge in [0.25, 0.3) is 0 Å². The number of fused-ring (bicyclic) bond motifs is 9. The van der Waals surface area contributed by atoms with Crippen molar-refractivity contribution in [1.29, 1.82) is 0 Å². The molecule has 0 aliphatic heterocycles. The summed E-state index contributed by atoms with van der Waals surface area (Å²) in [6.07, 6.45) is 6.97. The molecule has 0 bridgehead atoms. The fraction of sp³-hybridized carbons (Fsp3) is 0.0612. The zero-order valence-corrected chi connectivity index (χ0v) is 28.3. The largest absolute Gasteiger partial charge is 0.311 e. The number of benzene rings is 7. The van der Waals surface area contributed by atoms with Crippen LogP contribution in [0.1, 0.15) is 35.1 Å². The standard InChI is InChI=1S/C49H36N2/c1-4-17-35(18-5-1)50(36-19-6-2-7-20-36)38-31-33-39(34-32-38)51(37-21-8-3-9-22-37)47-30-16-29-46-48(47)42-25-12-15-28-45(42)49(46)43-26-13-10-23-40(43)41-24-11-14-27-44(41)49/h1-10,12-23,25-34H,11,24H2. The maximum absolute atomic E-state index is 2.45. The Morgan fingerprint density at radius 1 is 0.392 bits per heavy atom. The van der Waals surface area contributed by atoms with E-state index in [1.54, 1.807) is 0 Å². The quantitative estimate of drug-likeness (QED) is 0.176. The number of allylic oxidation sites excluding steroid dienone is 4. The molecule has 3 aliphatic rings. The van der Waals surface area contributed by atoms with E-state index in [1.165, 1.54) is 50.2 Å².